The van der Waals surface area contributed by atoms with Crippen molar-refractivity contribution < 1.29 is 122 Å². The molecule has 4 amide bonds. The van der Waals surface area contributed by atoms with E-state index in [0.717, 1.165) is 30.3 Å². The zero-order chi connectivity index (χ0) is 83.2. The Morgan fingerprint density at radius 1 is 0.491 bits per heavy atom. The van der Waals surface area contributed by atoms with Gasteiger partial charge in [0.2, 0.25) is 23.3 Å². The minimum Gasteiger partial charge on any atom is -0.508 e. The number of carbonyl (C=O) groups excluding carboxylic acids is 10. The van der Waals surface area contributed by atoms with Crippen LogP contribution >= 0.6 is 0 Å². The summed E-state index contributed by atoms with van der Waals surface area (Å²) in [7, 11) is 9.06. The van der Waals surface area contributed by atoms with Crippen LogP contribution in [0.15, 0.2) is 111 Å². The molecular formula is C80H88F3N7O22. The van der Waals surface area contributed by atoms with Crippen LogP contribution in [0.3, 0.4) is 0 Å². The molecule has 0 radical (unpaired) electrons. The van der Waals surface area contributed by atoms with E-state index in [0.29, 0.717) is 18.4 Å². The summed E-state index contributed by atoms with van der Waals surface area (Å²) in [5, 5.41) is 136. The number of ketones is 6. The summed E-state index contributed by atoms with van der Waals surface area (Å²) in [6.07, 6.45) is 0.755. The second-order valence-electron chi connectivity index (χ2n) is 31.8. The van der Waals surface area contributed by atoms with Crippen molar-refractivity contribution in [2.45, 2.75) is 132 Å². The number of hydrogen-bond acceptors (Lipinski definition) is 25. The summed E-state index contributed by atoms with van der Waals surface area (Å²) < 4.78 is 46.0. The van der Waals surface area contributed by atoms with Crippen molar-refractivity contribution in [3.63, 3.8) is 0 Å². The van der Waals surface area contributed by atoms with Crippen LogP contribution in [0.5, 0.6) is 17.2 Å². The molecule has 0 spiro atoms. The number of benzene rings is 4. The number of nitrogens with two attached hydrogens (primary N) is 3. The van der Waals surface area contributed by atoms with Gasteiger partial charge in [-0.05, 0) is 140 Å². The SMILES string of the molecule is CC[C@H]1c2c(F)cc(NC(=O)CCC(C)(C)C)c(O)c2C(O)=C2C(=O)[C@]3(O)C(O)=C(C(N)=O)C(=O)[C@@H](N(C)C)[C@@H]3C[C@@H]21.CC[C@H]1c2c(F)ccc(O)c2C(O)=C2C(=O)[C@]3(O)C(O)=C(C(N)=O)C(=O)[C@@H](N(C)C)[C@@H]3C[C@@H]21.CN(C)[C@@H]1C(=O)C(C(N)=O)=C(O)[C@@]2(O)C(=O)C3=C(O)c4c(O)ccc(F)c4[C@H](c4ccccc4)[C@H]3C[C@@H]12. The number of fused-ring (bicyclic) bond motifs is 9. The fourth-order valence-electron chi connectivity index (χ4n) is 19.0. The molecule has 3 saturated carbocycles. The van der Waals surface area contributed by atoms with Gasteiger partial charge in [0.25, 0.3) is 17.7 Å². The molecule has 29 nitrogen and oxygen atoms in total. The van der Waals surface area contributed by atoms with Crippen LogP contribution in [-0.2, 0) is 47.9 Å². The smallest absolute Gasteiger partial charge is 0.255 e. The minimum absolute atomic E-state index is 0.0307. The van der Waals surface area contributed by atoms with E-state index in [2.05, 4.69) is 5.32 Å². The molecule has 0 bridgehead atoms. The van der Waals surface area contributed by atoms with Crippen molar-refractivity contribution in [3.8, 4) is 17.2 Å². The Bertz CT molecular complexity index is 5030. The number of aliphatic hydroxyl groups excluding tert-OH is 6. The Kier molecular flexibility index (Phi) is 21.2. The molecule has 19 N–H and O–H groups in total. The Labute approximate surface area is 638 Å². The van der Waals surface area contributed by atoms with Crippen LogP contribution < -0.4 is 22.5 Å². The second-order valence-corrected chi connectivity index (χ2v) is 31.8. The molecule has 9 aliphatic rings. The van der Waals surface area contributed by atoms with Gasteiger partial charge in [0.15, 0.2) is 39.9 Å². The van der Waals surface area contributed by atoms with E-state index in [4.69, 9.17) is 17.2 Å². The molecule has 0 unspecified atom stereocenters. The Morgan fingerprint density at radius 2 is 0.830 bits per heavy atom. The second kappa shape index (κ2) is 28.9. The fourth-order valence-corrected chi connectivity index (χ4v) is 19.0. The van der Waals surface area contributed by atoms with Gasteiger partial charge in [-0.15, -0.1) is 0 Å². The molecule has 0 saturated heterocycles. The Balaban J connectivity index is 0.000000167. The summed E-state index contributed by atoms with van der Waals surface area (Å²) in [6, 6.07) is 10.1. The minimum atomic E-state index is -2.81. The third kappa shape index (κ3) is 12.2. The zero-order valence-electron chi connectivity index (χ0n) is 62.8. The summed E-state index contributed by atoms with van der Waals surface area (Å²) >= 11 is 0. The van der Waals surface area contributed by atoms with Gasteiger partial charge in [-0.1, -0.05) is 65.0 Å². The molecule has 4 aromatic rings. The number of phenolic OH excluding ortho intramolecular Hbond substituents is 3. The molecule has 4 aromatic carbocycles. The first kappa shape index (κ1) is 81.9. The van der Waals surface area contributed by atoms with Gasteiger partial charge < -0.3 is 83.8 Å². The lowest BCUT2D eigenvalue weighted by Crippen LogP contribution is -2.66. The lowest BCUT2D eigenvalue weighted by Gasteiger charge is -2.51. The van der Waals surface area contributed by atoms with Crippen molar-refractivity contribution >= 4 is 81.3 Å². The quantitative estimate of drug-likeness (QED) is 0.0609. The lowest BCUT2D eigenvalue weighted by atomic mass is 9.54. The molecule has 112 heavy (non-hydrogen) atoms. The number of halogens is 3. The first-order valence-corrected chi connectivity index (χ1v) is 36.1. The number of anilines is 1. The number of carbonyl (C=O) groups is 10. The number of aliphatic hydroxyl groups is 9. The van der Waals surface area contributed by atoms with Gasteiger partial charge in [-0.2, -0.15) is 0 Å². The highest BCUT2D eigenvalue weighted by atomic mass is 19.1. The van der Waals surface area contributed by atoms with Gasteiger partial charge in [-0.3, -0.25) is 62.6 Å². The molecule has 3 fully saturated rings. The van der Waals surface area contributed by atoms with Crippen molar-refractivity contribution in [3.05, 3.63) is 168 Å². The fraction of sp³-hybridized carbons (Fsp3) is 0.425. The van der Waals surface area contributed by atoms with Crippen LogP contribution in [0, 0.1) is 58.4 Å². The summed E-state index contributed by atoms with van der Waals surface area (Å²) in [6.45, 7) is 9.31. The topological polar surface area (TPSA) is 513 Å². The normalized spacial score (nSPS) is 29.2. The van der Waals surface area contributed by atoms with Crippen LogP contribution in [0.25, 0.3) is 17.3 Å². The summed E-state index contributed by atoms with van der Waals surface area (Å²) in [5.41, 5.74) is 3.04. The van der Waals surface area contributed by atoms with Crippen LogP contribution in [0.4, 0.5) is 18.9 Å². The number of likely N-dealkylation sites (N-methyl/N-ethyl adjacent to an activating group) is 3. The van der Waals surface area contributed by atoms with Gasteiger partial charge in [0, 0.05) is 75.5 Å². The van der Waals surface area contributed by atoms with Crippen molar-refractivity contribution in [1.82, 2.24) is 14.7 Å². The molecule has 15 atom stereocenters. The first-order valence-electron chi connectivity index (χ1n) is 36.1. The molecule has 9 aliphatic carbocycles. The van der Waals surface area contributed by atoms with Crippen LogP contribution in [-0.4, -0.2) is 212 Å². The first-order chi connectivity index (χ1) is 52.2. The Morgan fingerprint density at radius 3 is 1.19 bits per heavy atom. The maximum absolute atomic E-state index is 15.8. The summed E-state index contributed by atoms with van der Waals surface area (Å²) in [5.74, 6) is -28.9. The largest absolute Gasteiger partial charge is 0.508 e. The number of aromatic hydroxyl groups is 3. The van der Waals surface area contributed by atoms with Gasteiger partial charge >= 0.3 is 0 Å². The van der Waals surface area contributed by atoms with Crippen molar-refractivity contribution in [2.75, 3.05) is 47.6 Å². The number of hydrogen-bond donors (Lipinski definition) is 16. The molecule has 0 aromatic heterocycles. The maximum atomic E-state index is 15.8. The van der Waals surface area contributed by atoms with E-state index in [1.54, 1.807) is 44.2 Å². The standard InChI is InChI=1S/C30H38FN3O8.C27H25FN2O7.C23H25FN2O7/c1-7-12-13-10-14-22(34(5)6)25(38)21(28(32)41)27(40)30(14,42)26(39)19(13)24(37)20-18(12)15(31)11-16(23(20)36)33-17(35)8-9-29(2,3)4;1-30(2)21-13-10-12-16(11-6-4-3-5-7-11)18-14(28)8-9-15(31)19(18)22(32)17(12)24(34)27(13,37)25(35)20(23(21)33)26(29)36;1-4-8-9-7-10-17(26(2)3)19(29)16(22(25)32)21(31)23(10,33)20(30)14(9)18(28)15-12(27)6-5-11(24)13(8)15/h11-14,22,36-37,40,42H,7-10H2,1-6H3,(H2,32,41)(H,33,35);3-9,12-13,16,21,31-32,35,37H,10H2,1-2H3,(H2,29,36);5-6,8-10,17,27-28,31,33H,4,7H2,1-3H3,(H2,25,32)/t12-,13-,14+,22+,30+;12-,13+,16-,21+,27+;8-,9-,10+,17+,23+/m111/s1. The van der Waals surface area contributed by atoms with Crippen molar-refractivity contribution in [2.24, 2.45) is 58.1 Å². The third-order valence-corrected chi connectivity index (χ3v) is 23.9. The number of primary amides is 3. The molecular weight excluding hydrogens is 1470 g/mol. The zero-order valence-corrected chi connectivity index (χ0v) is 62.8. The van der Waals surface area contributed by atoms with E-state index in [-0.39, 0.29) is 87.7 Å². The highest BCUT2D eigenvalue weighted by molar-refractivity contribution is 6.27. The van der Waals surface area contributed by atoms with E-state index >= 15 is 8.78 Å². The van der Waals surface area contributed by atoms with Crippen LogP contribution in [0.1, 0.15) is 136 Å². The maximum Gasteiger partial charge on any atom is 0.255 e. The summed E-state index contributed by atoms with van der Waals surface area (Å²) in [4.78, 5) is 134. The molecule has 0 aliphatic heterocycles. The molecule has 32 heteroatoms. The highest BCUT2D eigenvalue weighted by Gasteiger charge is 2.69. The monoisotopic (exact) mass is 1560 g/mol. The van der Waals surface area contributed by atoms with Crippen molar-refractivity contribution in [1.29, 1.82) is 0 Å². The highest BCUT2D eigenvalue weighted by Crippen LogP contribution is 2.62. The van der Waals surface area contributed by atoms with Gasteiger partial charge in [0.05, 0.1) is 40.5 Å². The molecule has 596 valence electrons. The average Bonchev–Trinajstić information content (AvgIpc) is 0.701. The van der Waals surface area contributed by atoms with E-state index in [1.165, 1.54) is 57.0 Å². The number of nitrogens with zero attached hydrogens (tertiary/aromatic N) is 3. The predicted octanol–water partition coefficient (Wildman–Crippen LogP) is 5.57. The average molecular weight is 1560 g/mol. The number of phenols is 3. The van der Waals surface area contributed by atoms with Gasteiger partial charge in [-0.25, -0.2) is 13.2 Å². The Hall–Kier alpha value is -11.0. The van der Waals surface area contributed by atoms with Crippen LogP contribution in [0.2, 0.25) is 0 Å². The number of amides is 4. The van der Waals surface area contributed by atoms with E-state index < -0.39 is 238 Å². The van der Waals surface area contributed by atoms with E-state index in [9.17, 15) is 114 Å². The molecule has 0 heterocycles. The van der Waals surface area contributed by atoms with Gasteiger partial charge in [0.1, 0.15) is 80.2 Å². The lowest BCUT2D eigenvalue weighted by molar-refractivity contribution is -0.155. The number of rotatable bonds is 12. The third-order valence-electron chi connectivity index (χ3n) is 23.9. The van der Waals surface area contributed by atoms with E-state index in [1.807, 2.05) is 20.8 Å². The predicted molar refractivity (Wildman–Crippen MR) is 393 cm³/mol. The molecule has 13 rings (SSSR count). The number of Topliss-reactive ketones (excluding diaryl/α,β-unsaturated/α-hetero) is 6. The number of nitrogens with one attached hydrogen (secondary N) is 1.